The van der Waals surface area contributed by atoms with Crippen LogP contribution in [0.25, 0.3) is 0 Å². The molecule has 1 rings (SSSR count). The Morgan fingerprint density at radius 1 is 0.970 bits per heavy atom. The summed E-state index contributed by atoms with van der Waals surface area (Å²) in [5.74, 6) is -0.502. The summed E-state index contributed by atoms with van der Waals surface area (Å²) in [5, 5.41) is 0. The van der Waals surface area contributed by atoms with Gasteiger partial charge in [0, 0.05) is 0 Å². The van der Waals surface area contributed by atoms with Gasteiger partial charge in [0.1, 0.15) is 19.1 Å². The van der Waals surface area contributed by atoms with Crippen LogP contribution in [0.5, 0.6) is 0 Å². The quantitative estimate of drug-likeness (QED) is 0.213. The van der Waals surface area contributed by atoms with E-state index in [1.807, 2.05) is 6.92 Å². The van der Waals surface area contributed by atoms with E-state index in [1.165, 1.54) is 12.1 Å². The van der Waals surface area contributed by atoms with Crippen LogP contribution in [0.1, 0.15) is 54.0 Å². The average Bonchev–Trinajstić information content (AvgIpc) is 2.65. The zero-order valence-electron chi connectivity index (χ0n) is 20.7. The van der Waals surface area contributed by atoms with Crippen molar-refractivity contribution in [2.24, 2.45) is 5.41 Å². The molecule has 11 heteroatoms. The summed E-state index contributed by atoms with van der Waals surface area (Å²) >= 11 is 0. The molecule has 0 bridgehead atoms. The highest BCUT2D eigenvalue weighted by atomic mass is 32.2. The van der Waals surface area contributed by atoms with Crippen LogP contribution >= 0.6 is 7.60 Å². The van der Waals surface area contributed by atoms with Gasteiger partial charge >= 0.3 is 13.6 Å². The molecule has 1 aromatic carbocycles. The van der Waals surface area contributed by atoms with Gasteiger partial charge in [-0.05, 0) is 67.5 Å². The number of rotatable bonds is 13. The Kier molecular flexibility index (Phi) is 11.2. The maximum Gasteiger partial charge on any atom is 0.356 e. The molecular formula is C22H37O9PS. The highest BCUT2D eigenvalue weighted by molar-refractivity contribution is 7.86. The summed E-state index contributed by atoms with van der Waals surface area (Å²) < 4.78 is 65.1. The van der Waals surface area contributed by atoms with E-state index in [0.717, 1.165) is 5.56 Å². The average molecular weight is 509 g/mol. The number of esters is 1. The fourth-order valence-electron chi connectivity index (χ4n) is 2.39. The Morgan fingerprint density at radius 3 is 1.94 bits per heavy atom. The second kappa shape index (κ2) is 12.4. The molecule has 1 atom stereocenters. The van der Waals surface area contributed by atoms with Gasteiger partial charge in [0.25, 0.3) is 10.1 Å². The van der Waals surface area contributed by atoms with E-state index in [9.17, 15) is 17.8 Å². The van der Waals surface area contributed by atoms with E-state index < -0.39 is 60.4 Å². The molecule has 0 heterocycles. The zero-order chi connectivity index (χ0) is 25.4. The van der Waals surface area contributed by atoms with Crippen molar-refractivity contribution in [2.75, 3.05) is 19.6 Å². The first-order valence-electron chi connectivity index (χ1n) is 10.7. The summed E-state index contributed by atoms with van der Waals surface area (Å²) in [6, 6.07) is 6.17. The van der Waals surface area contributed by atoms with Crippen molar-refractivity contribution in [3.05, 3.63) is 29.8 Å². The Hall–Kier alpha value is -1.29. The van der Waals surface area contributed by atoms with E-state index >= 15 is 0 Å². The molecule has 0 saturated carbocycles. The molecule has 33 heavy (non-hydrogen) atoms. The van der Waals surface area contributed by atoms with Crippen LogP contribution in [-0.2, 0) is 42.2 Å². The van der Waals surface area contributed by atoms with Crippen LogP contribution in [0, 0.1) is 12.3 Å². The zero-order valence-corrected chi connectivity index (χ0v) is 22.4. The van der Waals surface area contributed by atoms with Gasteiger partial charge in [-0.3, -0.25) is 13.5 Å². The number of ether oxygens (including phenoxy) is 2. The van der Waals surface area contributed by atoms with Crippen LogP contribution in [0.15, 0.2) is 29.2 Å². The maximum atomic E-state index is 13.1. The molecule has 190 valence electrons. The number of hydrogen-bond acceptors (Lipinski definition) is 9. The Bertz CT molecular complexity index is 889. The van der Waals surface area contributed by atoms with Gasteiger partial charge in [0.05, 0.1) is 29.1 Å². The normalized spacial score (nSPS) is 14.0. The van der Waals surface area contributed by atoms with Gasteiger partial charge in [0.15, 0.2) is 0 Å². The minimum Gasteiger partial charge on any atom is -0.462 e. The van der Waals surface area contributed by atoms with Crippen molar-refractivity contribution in [2.45, 2.75) is 78.6 Å². The molecule has 1 unspecified atom stereocenters. The molecule has 9 nitrogen and oxygen atoms in total. The van der Waals surface area contributed by atoms with Crippen molar-refractivity contribution < 1.29 is 40.5 Å². The summed E-state index contributed by atoms with van der Waals surface area (Å²) in [6.07, 6.45) is -2.28. The number of carbonyl (C=O) groups is 1. The van der Waals surface area contributed by atoms with Crippen LogP contribution in [0.3, 0.4) is 0 Å². The standard InChI is InChI=1S/C22H37O9PS/c1-16(2)30-32(24,31-17(3)4)15-28-19(13-27-21(23)22(6,7)8)14-29-33(25,26)20-11-9-18(5)10-12-20/h9-12,16-17,19H,13-15H2,1-8H3. The van der Waals surface area contributed by atoms with Gasteiger partial charge in [-0.1, -0.05) is 17.7 Å². The molecule has 0 amide bonds. The third-order valence-corrected chi connectivity index (χ3v) is 7.19. The van der Waals surface area contributed by atoms with Crippen molar-refractivity contribution in [1.82, 2.24) is 0 Å². The number of benzene rings is 1. The Labute approximate surface area is 197 Å². The van der Waals surface area contributed by atoms with Gasteiger partial charge in [-0.25, -0.2) is 0 Å². The van der Waals surface area contributed by atoms with Gasteiger partial charge in [-0.15, -0.1) is 0 Å². The number of carbonyl (C=O) groups excluding carboxylic acids is 1. The molecule has 0 spiro atoms. The summed E-state index contributed by atoms with van der Waals surface area (Å²) in [6.45, 7) is 12.9. The SMILES string of the molecule is Cc1ccc(S(=O)(=O)OCC(COC(=O)C(C)(C)C)OCP(=O)(OC(C)C)OC(C)C)cc1. The smallest absolute Gasteiger partial charge is 0.356 e. The van der Waals surface area contributed by atoms with Crippen molar-refractivity contribution >= 4 is 23.7 Å². The van der Waals surface area contributed by atoms with Crippen LogP contribution in [0.2, 0.25) is 0 Å². The summed E-state index contributed by atoms with van der Waals surface area (Å²) in [4.78, 5) is 12.2. The maximum absolute atomic E-state index is 13.1. The molecule has 1 aromatic rings. The monoisotopic (exact) mass is 508 g/mol. The van der Waals surface area contributed by atoms with Crippen molar-refractivity contribution in [3.63, 3.8) is 0 Å². The molecule has 0 aliphatic carbocycles. The predicted octanol–water partition coefficient (Wildman–Crippen LogP) is 4.68. The van der Waals surface area contributed by atoms with Gasteiger partial charge < -0.3 is 18.5 Å². The first-order valence-corrected chi connectivity index (χ1v) is 13.9. The molecule has 0 saturated heterocycles. The second-order valence-electron chi connectivity index (χ2n) is 9.24. The van der Waals surface area contributed by atoms with E-state index in [1.54, 1.807) is 60.6 Å². The molecule has 0 aliphatic heterocycles. The first kappa shape index (κ1) is 29.7. The van der Waals surface area contributed by atoms with Gasteiger partial charge in [-0.2, -0.15) is 8.42 Å². The minimum atomic E-state index is -4.08. The van der Waals surface area contributed by atoms with E-state index in [2.05, 4.69) is 0 Å². The Morgan fingerprint density at radius 2 is 1.48 bits per heavy atom. The molecular weight excluding hydrogens is 471 g/mol. The summed E-state index contributed by atoms with van der Waals surface area (Å²) in [7, 11) is -7.74. The van der Waals surface area contributed by atoms with Crippen LogP contribution in [0.4, 0.5) is 0 Å². The lowest BCUT2D eigenvalue weighted by molar-refractivity contribution is -0.157. The summed E-state index contributed by atoms with van der Waals surface area (Å²) in [5.41, 5.74) is 0.131. The van der Waals surface area contributed by atoms with E-state index in [4.69, 9.17) is 22.7 Å². The van der Waals surface area contributed by atoms with Crippen molar-refractivity contribution in [3.8, 4) is 0 Å². The van der Waals surface area contributed by atoms with E-state index in [0.29, 0.717) is 0 Å². The lowest BCUT2D eigenvalue weighted by atomic mass is 9.97. The first-order chi connectivity index (χ1) is 15.0. The lowest BCUT2D eigenvalue weighted by Crippen LogP contribution is -2.32. The number of aryl methyl sites for hydroxylation is 1. The minimum absolute atomic E-state index is 0.0181. The third kappa shape index (κ3) is 11.1. The third-order valence-electron chi connectivity index (χ3n) is 3.94. The molecule has 0 N–H and O–H groups in total. The topological polar surface area (TPSA) is 114 Å². The largest absolute Gasteiger partial charge is 0.462 e. The predicted molar refractivity (Wildman–Crippen MR) is 125 cm³/mol. The molecule has 0 fully saturated rings. The van der Waals surface area contributed by atoms with E-state index in [-0.39, 0.29) is 11.5 Å². The highest BCUT2D eigenvalue weighted by Crippen LogP contribution is 2.50. The molecule has 0 aliphatic rings. The van der Waals surface area contributed by atoms with Gasteiger partial charge in [0.2, 0.25) is 0 Å². The number of hydrogen-bond donors (Lipinski definition) is 0. The fourth-order valence-corrected chi connectivity index (χ4v) is 5.18. The van der Waals surface area contributed by atoms with Crippen LogP contribution in [-0.4, -0.2) is 52.3 Å². The molecule has 0 aromatic heterocycles. The lowest BCUT2D eigenvalue weighted by Gasteiger charge is -2.26. The molecule has 0 radical (unpaired) electrons. The Balaban J connectivity index is 2.96. The fraction of sp³-hybridized carbons (Fsp3) is 0.682. The second-order valence-corrected chi connectivity index (χ2v) is 12.8. The van der Waals surface area contributed by atoms with Crippen molar-refractivity contribution in [1.29, 1.82) is 0 Å². The van der Waals surface area contributed by atoms with Crippen LogP contribution < -0.4 is 0 Å². The highest BCUT2D eigenvalue weighted by Gasteiger charge is 2.31.